The van der Waals surface area contributed by atoms with Crippen molar-refractivity contribution in [1.82, 2.24) is 4.90 Å². The molecule has 0 radical (unpaired) electrons. The zero-order valence-electron chi connectivity index (χ0n) is 13.8. The Morgan fingerprint density at radius 3 is 2.67 bits per heavy atom. The molecule has 0 amide bonds. The highest BCUT2D eigenvalue weighted by molar-refractivity contribution is 6.30. The van der Waals surface area contributed by atoms with Gasteiger partial charge >= 0.3 is 0 Å². The summed E-state index contributed by atoms with van der Waals surface area (Å²) >= 11 is 6.17. The van der Waals surface area contributed by atoms with Gasteiger partial charge in [0, 0.05) is 10.6 Å². The van der Waals surface area contributed by atoms with E-state index in [1.807, 2.05) is 42.5 Å². The molecule has 0 bridgehead atoms. The number of benzene rings is 2. The fourth-order valence-corrected chi connectivity index (χ4v) is 4.28. The van der Waals surface area contributed by atoms with Gasteiger partial charge in [0.15, 0.2) is 0 Å². The molecule has 1 N–H and O–H groups in total. The van der Waals surface area contributed by atoms with Crippen molar-refractivity contribution in [2.24, 2.45) is 5.92 Å². The predicted octanol–water partition coefficient (Wildman–Crippen LogP) is 3.81. The van der Waals surface area contributed by atoms with Crippen LogP contribution in [0.25, 0.3) is 0 Å². The van der Waals surface area contributed by atoms with Crippen LogP contribution in [0.15, 0.2) is 42.5 Å². The van der Waals surface area contributed by atoms with Crippen LogP contribution in [0, 0.1) is 5.92 Å². The average molecular weight is 344 g/mol. The van der Waals surface area contributed by atoms with Gasteiger partial charge < -0.3 is 14.7 Å². The summed E-state index contributed by atoms with van der Waals surface area (Å²) < 4.78 is 6.01. The van der Waals surface area contributed by atoms with Crippen molar-refractivity contribution >= 4 is 11.6 Å². The number of likely N-dealkylation sites (tertiary alicyclic amines) is 1. The molecule has 2 aromatic carbocycles. The van der Waals surface area contributed by atoms with Crippen LogP contribution in [-0.4, -0.2) is 30.1 Å². The van der Waals surface area contributed by atoms with Gasteiger partial charge in [-0.15, -0.1) is 0 Å². The molecule has 0 aliphatic carbocycles. The smallest absolute Gasteiger partial charge is 0.127 e. The second-order valence-corrected chi connectivity index (χ2v) is 7.37. The van der Waals surface area contributed by atoms with Gasteiger partial charge in [-0.3, -0.25) is 0 Å². The van der Waals surface area contributed by atoms with Crippen LogP contribution in [-0.2, 0) is 12.2 Å². The quantitative estimate of drug-likeness (QED) is 0.854. The van der Waals surface area contributed by atoms with E-state index in [0.717, 1.165) is 42.6 Å². The maximum absolute atomic E-state index is 12.0. The van der Waals surface area contributed by atoms with Gasteiger partial charge in [-0.1, -0.05) is 41.9 Å². The van der Waals surface area contributed by atoms with Crippen LogP contribution in [0.2, 0.25) is 5.02 Å². The number of rotatable bonds is 1. The van der Waals surface area contributed by atoms with E-state index in [4.69, 9.17) is 16.3 Å². The largest absolute Gasteiger partial charge is 0.488 e. The SMILES string of the molecule is CN1CCC(C2(O)c3ccccc3COc3cc(Cl)ccc32)CC1. The third kappa shape index (κ3) is 2.52. The van der Waals surface area contributed by atoms with E-state index in [2.05, 4.69) is 11.9 Å². The number of nitrogens with zero attached hydrogens (tertiary/aromatic N) is 1. The Hall–Kier alpha value is -1.55. The zero-order chi connectivity index (χ0) is 16.7. The predicted molar refractivity (Wildman–Crippen MR) is 95.4 cm³/mol. The summed E-state index contributed by atoms with van der Waals surface area (Å²) in [7, 11) is 2.14. The molecule has 4 heteroatoms. The van der Waals surface area contributed by atoms with E-state index in [0.29, 0.717) is 17.4 Å². The minimum atomic E-state index is -1.03. The van der Waals surface area contributed by atoms with E-state index in [1.165, 1.54) is 0 Å². The van der Waals surface area contributed by atoms with Gasteiger partial charge in [0.05, 0.1) is 0 Å². The molecule has 0 saturated carbocycles. The number of hydrogen-bond donors (Lipinski definition) is 1. The Morgan fingerprint density at radius 2 is 1.88 bits per heavy atom. The number of aliphatic hydroxyl groups is 1. The number of ether oxygens (including phenoxy) is 1. The highest BCUT2D eigenvalue weighted by Gasteiger charge is 2.45. The number of halogens is 1. The molecular formula is C20H22ClNO2. The fraction of sp³-hybridized carbons (Fsp3) is 0.400. The van der Waals surface area contributed by atoms with Crippen molar-refractivity contribution in [3.63, 3.8) is 0 Å². The first-order valence-corrected chi connectivity index (χ1v) is 8.89. The fourth-order valence-electron chi connectivity index (χ4n) is 4.12. The summed E-state index contributed by atoms with van der Waals surface area (Å²) in [6.07, 6.45) is 1.92. The molecule has 24 heavy (non-hydrogen) atoms. The Balaban J connectivity index is 1.90. The number of fused-ring (bicyclic) bond motifs is 2. The number of hydrogen-bond acceptors (Lipinski definition) is 3. The lowest BCUT2D eigenvalue weighted by Crippen LogP contribution is -2.43. The lowest BCUT2D eigenvalue weighted by atomic mass is 9.71. The molecular weight excluding hydrogens is 322 g/mol. The van der Waals surface area contributed by atoms with Crippen molar-refractivity contribution in [3.8, 4) is 5.75 Å². The summed E-state index contributed by atoms with van der Waals surface area (Å²) in [6.45, 7) is 2.45. The lowest BCUT2D eigenvalue weighted by Gasteiger charge is -2.41. The van der Waals surface area contributed by atoms with Gasteiger partial charge in [-0.2, -0.15) is 0 Å². The Kier molecular flexibility index (Phi) is 4.03. The summed E-state index contributed by atoms with van der Waals surface area (Å²) in [4.78, 5) is 2.32. The van der Waals surface area contributed by atoms with Crippen molar-refractivity contribution in [2.45, 2.75) is 25.0 Å². The van der Waals surface area contributed by atoms with E-state index >= 15 is 0 Å². The van der Waals surface area contributed by atoms with E-state index in [1.54, 1.807) is 0 Å². The Morgan fingerprint density at radius 1 is 1.12 bits per heavy atom. The third-order valence-corrected chi connectivity index (χ3v) is 5.71. The molecule has 126 valence electrons. The minimum absolute atomic E-state index is 0.163. The van der Waals surface area contributed by atoms with Gasteiger partial charge in [0.2, 0.25) is 0 Å². The highest BCUT2D eigenvalue weighted by Crippen LogP contribution is 2.48. The summed E-state index contributed by atoms with van der Waals surface area (Å²) in [5.41, 5.74) is 1.83. The first-order chi connectivity index (χ1) is 11.6. The van der Waals surface area contributed by atoms with E-state index in [-0.39, 0.29) is 5.92 Å². The van der Waals surface area contributed by atoms with Crippen LogP contribution in [0.5, 0.6) is 5.75 Å². The molecule has 2 aliphatic heterocycles. The minimum Gasteiger partial charge on any atom is -0.488 e. The molecule has 4 rings (SSSR count). The van der Waals surface area contributed by atoms with Crippen LogP contribution < -0.4 is 4.74 Å². The zero-order valence-corrected chi connectivity index (χ0v) is 14.6. The first kappa shape index (κ1) is 15.9. The van der Waals surface area contributed by atoms with Gasteiger partial charge in [0.1, 0.15) is 18.0 Å². The van der Waals surface area contributed by atoms with Crippen LogP contribution in [0.1, 0.15) is 29.5 Å². The van der Waals surface area contributed by atoms with E-state index < -0.39 is 5.60 Å². The van der Waals surface area contributed by atoms with Crippen molar-refractivity contribution in [3.05, 3.63) is 64.2 Å². The van der Waals surface area contributed by atoms with E-state index in [9.17, 15) is 5.11 Å². The normalized spacial score (nSPS) is 24.6. The van der Waals surface area contributed by atoms with Crippen molar-refractivity contribution in [2.75, 3.05) is 20.1 Å². The molecule has 1 saturated heterocycles. The van der Waals surface area contributed by atoms with Crippen molar-refractivity contribution in [1.29, 1.82) is 0 Å². The second-order valence-electron chi connectivity index (χ2n) is 6.93. The second kappa shape index (κ2) is 6.07. The Labute approximate surface area is 147 Å². The molecule has 3 nitrogen and oxygen atoms in total. The lowest BCUT2D eigenvalue weighted by molar-refractivity contribution is -0.0113. The highest BCUT2D eigenvalue weighted by atomic mass is 35.5. The van der Waals surface area contributed by atoms with Crippen LogP contribution in [0.4, 0.5) is 0 Å². The molecule has 0 spiro atoms. The number of piperidine rings is 1. The third-order valence-electron chi connectivity index (χ3n) is 5.47. The monoisotopic (exact) mass is 343 g/mol. The maximum Gasteiger partial charge on any atom is 0.127 e. The molecule has 1 unspecified atom stereocenters. The standard InChI is InChI=1S/C20H22ClNO2/c1-22-10-8-15(9-11-22)20(23)17-5-3-2-4-14(17)13-24-19-12-16(21)6-7-18(19)20/h2-7,12,15,23H,8-11,13H2,1H3. The topological polar surface area (TPSA) is 32.7 Å². The Bertz CT molecular complexity index is 755. The molecule has 2 heterocycles. The molecule has 1 fully saturated rings. The summed E-state index contributed by atoms with van der Waals surface area (Å²) in [6, 6.07) is 13.7. The van der Waals surface area contributed by atoms with Gasteiger partial charge in [-0.25, -0.2) is 0 Å². The van der Waals surface area contributed by atoms with Crippen LogP contribution in [0.3, 0.4) is 0 Å². The van der Waals surface area contributed by atoms with Gasteiger partial charge in [-0.05, 0) is 62.2 Å². The molecule has 2 aliphatic rings. The first-order valence-electron chi connectivity index (χ1n) is 8.51. The average Bonchev–Trinajstić information content (AvgIpc) is 2.71. The van der Waals surface area contributed by atoms with Gasteiger partial charge in [0.25, 0.3) is 0 Å². The summed E-state index contributed by atoms with van der Waals surface area (Å²) in [5.74, 6) is 0.858. The molecule has 2 aromatic rings. The molecule has 1 atom stereocenters. The summed E-state index contributed by atoms with van der Waals surface area (Å²) in [5, 5.41) is 12.6. The maximum atomic E-state index is 12.0. The van der Waals surface area contributed by atoms with Crippen LogP contribution >= 0.6 is 11.6 Å². The molecule has 0 aromatic heterocycles. The van der Waals surface area contributed by atoms with Crippen molar-refractivity contribution < 1.29 is 9.84 Å².